The molecular formula is C13H27NO3S. The van der Waals surface area contributed by atoms with Crippen LogP contribution in [0.25, 0.3) is 0 Å². The van der Waals surface area contributed by atoms with Gasteiger partial charge in [-0.3, -0.25) is 0 Å². The van der Waals surface area contributed by atoms with Crippen LogP contribution in [-0.4, -0.2) is 32.4 Å². The Hall–Kier alpha value is -0.130. The van der Waals surface area contributed by atoms with Gasteiger partial charge in [-0.15, -0.1) is 0 Å². The first kappa shape index (κ1) is 15.9. The summed E-state index contributed by atoms with van der Waals surface area (Å²) in [4.78, 5) is 0. The number of aliphatic hydroxyl groups excluding tert-OH is 1. The fourth-order valence-corrected chi connectivity index (χ4v) is 3.78. The average Bonchev–Trinajstić information content (AvgIpc) is 2.37. The standard InChI is InChI=1S/C13H27NO3S/c1-2-12-5-7-13(8-6-12)11-14-18(16,17)10-4-3-9-15/h12-15H,2-11H2,1H3. The molecule has 0 radical (unpaired) electrons. The van der Waals surface area contributed by atoms with E-state index in [1.54, 1.807) is 0 Å². The van der Waals surface area contributed by atoms with Crippen molar-refractivity contribution in [3.05, 3.63) is 0 Å². The van der Waals surface area contributed by atoms with Gasteiger partial charge < -0.3 is 5.11 Å². The summed E-state index contributed by atoms with van der Waals surface area (Å²) >= 11 is 0. The average molecular weight is 277 g/mol. The van der Waals surface area contributed by atoms with Gasteiger partial charge in [0.25, 0.3) is 0 Å². The molecule has 1 aliphatic carbocycles. The van der Waals surface area contributed by atoms with E-state index < -0.39 is 10.0 Å². The van der Waals surface area contributed by atoms with E-state index in [0.717, 1.165) is 18.8 Å². The zero-order chi connectivity index (χ0) is 13.4. The molecule has 0 bridgehead atoms. The molecule has 0 aromatic carbocycles. The number of rotatable bonds is 8. The van der Waals surface area contributed by atoms with Crippen LogP contribution >= 0.6 is 0 Å². The Balaban J connectivity index is 2.20. The van der Waals surface area contributed by atoms with Crippen LogP contribution in [0.3, 0.4) is 0 Å². The molecule has 1 aliphatic rings. The summed E-state index contributed by atoms with van der Waals surface area (Å²) in [6, 6.07) is 0. The predicted octanol–water partition coefficient (Wildman–Crippen LogP) is 1.89. The van der Waals surface area contributed by atoms with E-state index in [0.29, 0.717) is 25.3 Å². The van der Waals surface area contributed by atoms with Crippen molar-refractivity contribution in [3.8, 4) is 0 Å². The third-order valence-corrected chi connectivity index (χ3v) is 5.39. The van der Waals surface area contributed by atoms with Gasteiger partial charge in [0.05, 0.1) is 5.75 Å². The lowest BCUT2D eigenvalue weighted by atomic mass is 9.81. The van der Waals surface area contributed by atoms with E-state index in [1.807, 2.05) is 0 Å². The van der Waals surface area contributed by atoms with Crippen LogP contribution in [-0.2, 0) is 10.0 Å². The molecule has 5 heteroatoms. The van der Waals surface area contributed by atoms with Crippen LogP contribution in [0.2, 0.25) is 0 Å². The minimum absolute atomic E-state index is 0.0660. The van der Waals surface area contributed by atoms with Crippen LogP contribution in [0.5, 0.6) is 0 Å². The third-order valence-electron chi connectivity index (χ3n) is 3.96. The Kier molecular flexibility index (Phi) is 7.19. The molecule has 0 aromatic heterocycles. The fourth-order valence-electron chi connectivity index (χ4n) is 2.56. The van der Waals surface area contributed by atoms with E-state index in [2.05, 4.69) is 11.6 Å². The summed E-state index contributed by atoms with van der Waals surface area (Å²) in [6.07, 6.45) is 7.13. The second-order valence-corrected chi connectivity index (χ2v) is 7.32. The normalized spacial score (nSPS) is 25.2. The predicted molar refractivity (Wildman–Crippen MR) is 73.8 cm³/mol. The maximum Gasteiger partial charge on any atom is 0.211 e. The zero-order valence-corrected chi connectivity index (χ0v) is 12.2. The van der Waals surface area contributed by atoms with E-state index >= 15 is 0 Å². The topological polar surface area (TPSA) is 66.4 Å². The second-order valence-electron chi connectivity index (χ2n) is 5.39. The highest BCUT2D eigenvalue weighted by atomic mass is 32.2. The van der Waals surface area contributed by atoms with Crippen LogP contribution < -0.4 is 4.72 Å². The highest BCUT2D eigenvalue weighted by Gasteiger charge is 2.21. The molecule has 0 spiro atoms. The number of sulfonamides is 1. The van der Waals surface area contributed by atoms with Crippen molar-refractivity contribution >= 4 is 10.0 Å². The van der Waals surface area contributed by atoms with Gasteiger partial charge in [0, 0.05) is 13.2 Å². The van der Waals surface area contributed by atoms with E-state index in [1.165, 1.54) is 19.3 Å². The van der Waals surface area contributed by atoms with Crippen LogP contribution in [0.4, 0.5) is 0 Å². The molecule has 108 valence electrons. The van der Waals surface area contributed by atoms with Crippen LogP contribution in [0.15, 0.2) is 0 Å². The van der Waals surface area contributed by atoms with Gasteiger partial charge in [0.15, 0.2) is 0 Å². The Morgan fingerprint density at radius 3 is 2.28 bits per heavy atom. The van der Waals surface area contributed by atoms with Crippen molar-refractivity contribution in [1.82, 2.24) is 4.72 Å². The highest BCUT2D eigenvalue weighted by molar-refractivity contribution is 7.89. The van der Waals surface area contributed by atoms with Gasteiger partial charge in [0.2, 0.25) is 10.0 Å². The molecule has 4 nitrogen and oxygen atoms in total. The number of aliphatic hydroxyl groups is 1. The monoisotopic (exact) mass is 277 g/mol. The molecule has 0 aromatic rings. The first-order chi connectivity index (χ1) is 8.57. The quantitative estimate of drug-likeness (QED) is 0.666. The summed E-state index contributed by atoms with van der Waals surface area (Å²) in [5.74, 6) is 1.50. The number of hydrogen-bond acceptors (Lipinski definition) is 3. The molecule has 18 heavy (non-hydrogen) atoms. The van der Waals surface area contributed by atoms with Crippen molar-refractivity contribution in [3.63, 3.8) is 0 Å². The van der Waals surface area contributed by atoms with E-state index in [9.17, 15) is 8.42 Å². The van der Waals surface area contributed by atoms with Crippen molar-refractivity contribution < 1.29 is 13.5 Å². The summed E-state index contributed by atoms with van der Waals surface area (Å²) in [5.41, 5.74) is 0. The lowest BCUT2D eigenvalue weighted by Gasteiger charge is -2.27. The number of hydrogen-bond donors (Lipinski definition) is 2. The summed E-state index contributed by atoms with van der Waals surface area (Å²) in [7, 11) is -3.13. The van der Waals surface area contributed by atoms with Gasteiger partial charge in [-0.25, -0.2) is 13.1 Å². The Bertz CT molecular complexity index is 308. The molecule has 1 saturated carbocycles. The van der Waals surface area contributed by atoms with E-state index in [-0.39, 0.29) is 12.4 Å². The summed E-state index contributed by atoms with van der Waals surface area (Å²) in [5, 5.41) is 8.63. The molecule has 0 amide bonds. The van der Waals surface area contributed by atoms with Gasteiger partial charge in [0.1, 0.15) is 0 Å². The van der Waals surface area contributed by atoms with Gasteiger partial charge in [-0.05, 0) is 37.5 Å². The van der Waals surface area contributed by atoms with E-state index in [4.69, 9.17) is 5.11 Å². The van der Waals surface area contributed by atoms with Gasteiger partial charge >= 0.3 is 0 Å². The van der Waals surface area contributed by atoms with Crippen molar-refractivity contribution in [2.75, 3.05) is 18.9 Å². The van der Waals surface area contributed by atoms with Crippen molar-refractivity contribution in [2.45, 2.75) is 51.9 Å². The maximum atomic E-state index is 11.7. The molecule has 0 atom stereocenters. The Labute approximate surface area is 111 Å². The first-order valence-electron chi connectivity index (χ1n) is 7.15. The van der Waals surface area contributed by atoms with Crippen molar-refractivity contribution in [1.29, 1.82) is 0 Å². The van der Waals surface area contributed by atoms with Crippen molar-refractivity contribution in [2.24, 2.45) is 11.8 Å². The Morgan fingerprint density at radius 1 is 1.11 bits per heavy atom. The molecule has 0 unspecified atom stereocenters. The third kappa shape index (κ3) is 6.16. The molecule has 1 rings (SSSR count). The summed E-state index contributed by atoms with van der Waals surface area (Å²) < 4.78 is 26.1. The fraction of sp³-hybridized carbons (Fsp3) is 1.00. The minimum Gasteiger partial charge on any atom is -0.396 e. The smallest absolute Gasteiger partial charge is 0.211 e. The molecule has 1 fully saturated rings. The zero-order valence-electron chi connectivity index (χ0n) is 11.4. The minimum atomic E-state index is -3.13. The van der Waals surface area contributed by atoms with Gasteiger partial charge in [-0.1, -0.05) is 26.2 Å². The SMILES string of the molecule is CCC1CCC(CNS(=O)(=O)CCCCO)CC1. The highest BCUT2D eigenvalue weighted by Crippen LogP contribution is 2.30. The molecule has 0 aliphatic heterocycles. The van der Waals surface area contributed by atoms with Gasteiger partial charge in [-0.2, -0.15) is 0 Å². The number of unbranched alkanes of at least 4 members (excludes halogenated alkanes) is 1. The first-order valence-corrected chi connectivity index (χ1v) is 8.80. The maximum absolute atomic E-state index is 11.7. The Morgan fingerprint density at radius 2 is 1.72 bits per heavy atom. The molecule has 0 saturated heterocycles. The lowest BCUT2D eigenvalue weighted by molar-refractivity contribution is 0.270. The number of nitrogens with one attached hydrogen (secondary N) is 1. The van der Waals surface area contributed by atoms with Crippen LogP contribution in [0, 0.1) is 11.8 Å². The lowest BCUT2D eigenvalue weighted by Crippen LogP contribution is -2.33. The molecular weight excluding hydrogens is 250 g/mol. The summed E-state index contributed by atoms with van der Waals surface area (Å²) in [6.45, 7) is 2.89. The largest absolute Gasteiger partial charge is 0.396 e. The second kappa shape index (κ2) is 8.12. The molecule has 0 heterocycles. The molecule has 2 N–H and O–H groups in total. The van der Waals surface area contributed by atoms with Crippen LogP contribution in [0.1, 0.15) is 51.9 Å².